The van der Waals surface area contributed by atoms with Crippen LogP contribution < -0.4 is 19.1 Å². The standard InChI is InChI=1S/C35H34Cl2N2O3.C31H26Cl2N2O3.2CO2/c1-35(2,3)15-5-6-34(40)24-9-7-23(8-10-24)22-42-39-33(21-32(38-39)28-17-29(36)20-30(37)18-28)27-12-11-26-19-31(41-4)14-13-25(26)16-27;1-3-4-31(36)21-7-5-20(6-8-21)19-38-35-30(18-29(34-35)25-14-26(32)17-27(33)15-25)24-10-9-23-16-28(37-2)12-11-22(23)13-24;2*2-1-3/h7-14,16-21H,5-6,15,22H2,1-4H3;5-18H,3-4,19H2,1-2H3;;. The number of aromatic nitrogens is 4. The van der Waals surface area contributed by atoms with Gasteiger partial charge in [-0.2, -0.15) is 19.2 Å². The van der Waals surface area contributed by atoms with Crippen LogP contribution in [0.25, 0.3) is 66.6 Å². The summed E-state index contributed by atoms with van der Waals surface area (Å²) in [5.41, 5.74) is 9.90. The summed E-state index contributed by atoms with van der Waals surface area (Å²) in [6.07, 6.45) is 4.33. The van der Waals surface area contributed by atoms with E-state index in [2.05, 4.69) is 39.0 Å². The molecule has 14 nitrogen and oxygen atoms in total. The quantitative estimate of drug-likeness (QED) is 0.0702. The van der Waals surface area contributed by atoms with Crippen molar-refractivity contribution in [3.8, 4) is 56.5 Å². The highest BCUT2D eigenvalue weighted by Gasteiger charge is 2.19. The van der Waals surface area contributed by atoms with Crippen molar-refractivity contribution in [2.24, 2.45) is 5.41 Å². The van der Waals surface area contributed by atoms with Gasteiger partial charge in [0.05, 0.1) is 25.6 Å². The molecule has 2 aromatic heterocycles. The van der Waals surface area contributed by atoms with Crippen molar-refractivity contribution in [1.29, 1.82) is 0 Å². The van der Waals surface area contributed by atoms with Crippen molar-refractivity contribution >= 4 is 91.8 Å². The molecule has 0 radical (unpaired) electrons. The Balaban J connectivity index is 0.000000226. The van der Waals surface area contributed by atoms with Gasteiger partial charge in [-0.05, 0) is 142 Å². The molecular weight excluding hydrogens is 1170 g/mol. The third-order valence-corrected chi connectivity index (χ3v) is 14.3. The lowest BCUT2D eigenvalue weighted by Gasteiger charge is -2.17. The van der Waals surface area contributed by atoms with E-state index in [1.165, 1.54) is 4.85 Å². The molecular formula is C68H60Cl4N4O10. The second-order valence-electron chi connectivity index (χ2n) is 20.9. The van der Waals surface area contributed by atoms with E-state index in [9.17, 15) is 9.59 Å². The second kappa shape index (κ2) is 30.8. The van der Waals surface area contributed by atoms with E-state index in [4.69, 9.17) is 94.9 Å². The number of ketones is 2. The average molecular weight is 1240 g/mol. The molecule has 0 saturated heterocycles. The summed E-state index contributed by atoms with van der Waals surface area (Å²) < 4.78 is 10.7. The molecule has 10 aromatic rings. The summed E-state index contributed by atoms with van der Waals surface area (Å²) in [5.74, 6) is 1.93. The van der Waals surface area contributed by atoms with Crippen LogP contribution >= 0.6 is 46.4 Å². The number of hydrogen-bond acceptors (Lipinski definition) is 12. The summed E-state index contributed by atoms with van der Waals surface area (Å²) >= 11 is 25.1. The Hall–Kier alpha value is -8.84. The van der Waals surface area contributed by atoms with E-state index < -0.39 is 0 Å². The van der Waals surface area contributed by atoms with Gasteiger partial charge in [-0.15, -0.1) is 10.2 Å². The molecule has 18 heteroatoms. The first-order valence-electron chi connectivity index (χ1n) is 27.1. The SMILES string of the molecule is CCCC(=O)c1ccc(COn2nc(-c3cc(Cl)cc(Cl)c3)cc2-c2ccc3cc(OC)ccc3c2)cc1.COc1ccc2cc(-c3cc(-c4cc(Cl)cc(Cl)c4)nn3OCc3ccc(C(=O)CCCC(C)(C)C)cc3)ccc2c1.O=C=O.O=C=O. The number of rotatable bonds is 19. The lowest BCUT2D eigenvalue weighted by atomic mass is 9.89. The summed E-state index contributed by atoms with van der Waals surface area (Å²) in [5, 5.41) is 15.9. The van der Waals surface area contributed by atoms with Crippen LogP contribution in [0.15, 0.2) is 170 Å². The lowest BCUT2D eigenvalue weighted by Crippen LogP contribution is -2.14. The van der Waals surface area contributed by atoms with Gasteiger partial charge < -0.3 is 19.1 Å². The van der Waals surface area contributed by atoms with E-state index in [-0.39, 0.29) is 42.5 Å². The Kier molecular flexibility index (Phi) is 23.2. The third-order valence-electron chi connectivity index (χ3n) is 13.4. The van der Waals surface area contributed by atoms with Crippen LogP contribution in [0.2, 0.25) is 20.1 Å². The van der Waals surface area contributed by atoms with Gasteiger partial charge in [-0.1, -0.05) is 169 Å². The van der Waals surface area contributed by atoms with Gasteiger partial charge in [0.1, 0.15) is 36.1 Å². The minimum atomic E-state index is 0.146. The summed E-state index contributed by atoms with van der Waals surface area (Å²) in [6.45, 7) is 9.14. The smallest absolute Gasteiger partial charge is 0.373 e. The molecule has 0 fully saturated rings. The molecule has 0 aliphatic carbocycles. The maximum absolute atomic E-state index is 12.7. The zero-order valence-electron chi connectivity index (χ0n) is 48.0. The van der Waals surface area contributed by atoms with Gasteiger partial charge in [-0.3, -0.25) is 9.59 Å². The van der Waals surface area contributed by atoms with Crippen molar-refractivity contribution in [2.45, 2.75) is 73.0 Å². The Labute approximate surface area is 518 Å². The molecule has 0 spiro atoms. The molecule has 0 bridgehead atoms. The predicted octanol–water partition coefficient (Wildman–Crippen LogP) is 16.8. The van der Waals surface area contributed by atoms with E-state index in [1.807, 2.05) is 146 Å². The van der Waals surface area contributed by atoms with E-state index >= 15 is 0 Å². The average Bonchev–Trinajstić information content (AvgIpc) is 3.04. The number of nitrogens with zero attached hydrogens (tertiary/aromatic N) is 4. The number of carbonyl (C=O) groups excluding carboxylic acids is 6. The Morgan fingerprint density at radius 3 is 1.19 bits per heavy atom. The van der Waals surface area contributed by atoms with Gasteiger partial charge in [-0.25, -0.2) is 0 Å². The minimum Gasteiger partial charge on any atom is -0.497 e. The molecule has 440 valence electrons. The molecule has 0 aliphatic heterocycles. The first kappa shape index (κ1) is 64.7. The molecule has 86 heavy (non-hydrogen) atoms. The topological polar surface area (TPSA) is 175 Å². The maximum Gasteiger partial charge on any atom is 0.373 e. The van der Waals surface area contributed by atoms with E-state index in [1.54, 1.807) is 31.2 Å². The molecule has 0 saturated carbocycles. The zero-order valence-corrected chi connectivity index (χ0v) is 51.0. The fourth-order valence-electron chi connectivity index (χ4n) is 9.16. The van der Waals surface area contributed by atoms with Crippen molar-refractivity contribution in [2.75, 3.05) is 14.2 Å². The highest BCUT2D eigenvalue weighted by atomic mass is 35.5. The van der Waals surface area contributed by atoms with Crippen LogP contribution in [0.1, 0.15) is 91.6 Å². The van der Waals surface area contributed by atoms with E-state index in [0.29, 0.717) is 49.9 Å². The molecule has 0 unspecified atom stereocenters. The molecule has 8 aromatic carbocycles. The Morgan fingerprint density at radius 1 is 0.465 bits per heavy atom. The van der Waals surface area contributed by atoms with Crippen molar-refractivity contribution in [3.05, 3.63) is 212 Å². The number of benzene rings is 8. The first-order valence-corrected chi connectivity index (χ1v) is 28.6. The lowest BCUT2D eigenvalue weighted by molar-refractivity contribution is -0.193. The molecule has 0 atom stereocenters. The monoisotopic (exact) mass is 1230 g/mol. The molecule has 0 N–H and O–H groups in total. The number of fused-ring (bicyclic) bond motifs is 2. The van der Waals surface area contributed by atoms with E-state index in [0.717, 1.165) is 103 Å². The zero-order chi connectivity index (χ0) is 61.9. The number of halogens is 4. The molecule has 2 heterocycles. The summed E-state index contributed by atoms with van der Waals surface area (Å²) in [6, 6.07) is 54.0. The number of ether oxygens (including phenoxy) is 2. The van der Waals surface area contributed by atoms with Crippen molar-refractivity contribution in [1.82, 2.24) is 19.9 Å². The number of Topliss-reactive ketones (excluding diaryl/α,β-unsaturated/α-hetero) is 2. The fraction of sp³-hybridized carbons (Fsp3) is 0.206. The normalized spacial score (nSPS) is 10.7. The van der Waals surface area contributed by atoms with Crippen LogP contribution in [0.5, 0.6) is 11.5 Å². The number of methoxy groups -OCH3 is 2. The predicted molar refractivity (Wildman–Crippen MR) is 335 cm³/mol. The van der Waals surface area contributed by atoms with Crippen molar-refractivity contribution < 1.29 is 47.9 Å². The van der Waals surface area contributed by atoms with Crippen LogP contribution in [0.3, 0.4) is 0 Å². The maximum atomic E-state index is 12.7. The van der Waals surface area contributed by atoms with Crippen LogP contribution in [0.4, 0.5) is 0 Å². The molecule has 0 amide bonds. The summed E-state index contributed by atoms with van der Waals surface area (Å²) in [4.78, 5) is 72.8. The number of carbonyl (C=O) groups is 2. The highest BCUT2D eigenvalue weighted by Crippen LogP contribution is 2.35. The molecule has 0 aliphatic rings. The fourth-order valence-corrected chi connectivity index (χ4v) is 10.2. The van der Waals surface area contributed by atoms with Crippen LogP contribution in [0, 0.1) is 5.41 Å². The van der Waals surface area contributed by atoms with Gasteiger partial charge >= 0.3 is 12.3 Å². The van der Waals surface area contributed by atoms with Gasteiger partial charge in [0.2, 0.25) is 0 Å². The molecule has 10 rings (SSSR count). The van der Waals surface area contributed by atoms with Crippen LogP contribution in [-0.4, -0.2) is 58.0 Å². The van der Waals surface area contributed by atoms with Crippen LogP contribution in [-0.2, 0) is 32.4 Å². The van der Waals surface area contributed by atoms with Gasteiger partial charge in [0, 0.05) is 66.3 Å². The minimum absolute atomic E-state index is 0.146. The summed E-state index contributed by atoms with van der Waals surface area (Å²) in [7, 11) is 3.32. The number of hydrogen-bond donors (Lipinski definition) is 0. The third kappa shape index (κ3) is 18.1. The second-order valence-corrected chi connectivity index (χ2v) is 22.6. The van der Waals surface area contributed by atoms with Gasteiger partial charge in [0.15, 0.2) is 11.6 Å². The highest BCUT2D eigenvalue weighted by molar-refractivity contribution is 6.35. The first-order chi connectivity index (χ1) is 41.3. The van der Waals surface area contributed by atoms with Crippen molar-refractivity contribution in [3.63, 3.8) is 0 Å². The largest absolute Gasteiger partial charge is 0.497 e. The van der Waals surface area contributed by atoms with Gasteiger partial charge in [0.25, 0.3) is 0 Å². The Morgan fingerprint density at radius 2 is 0.826 bits per heavy atom. The Bertz CT molecular complexity index is 4000.